The van der Waals surface area contributed by atoms with E-state index in [2.05, 4.69) is 0 Å². The quantitative estimate of drug-likeness (QED) is 0.796. The van der Waals surface area contributed by atoms with Gasteiger partial charge in [-0.3, -0.25) is 4.31 Å². The van der Waals surface area contributed by atoms with Gasteiger partial charge in [0.25, 0.3) is 0 Å². The van der Waals surface area contributed by atoms with Crippen molar-refractivity contribution in [3.05, 3.63) is 29.3 Å². The molecule has 8 heteroatoms. The molecule has 0 unspecified atom stereocenters. The summed E-state index contributed by atoms with van der Waals surface area (Å²) in [6, 6.07) is 4.37. The fourth-order valence-corrected chi connectivity index (χ4v) is 3.51. The molecular weight excluding hydrogens is 281 g/mol. The van der Waals surface area contributed by atoms with E-state index in [9.17, 15) is 21.6 Å². The van der Waals surface area contributed by atoms with Crippen LogP contribution < -0.4 is 4.31 Å². The maximum Gasteiger partial charge on any atom is 0.417 e. The van der Waals surface area contributed by atoms with Gasteiger partial charge in [-0.1, -0.05) is 0 Å². The third-order valence-electron chi connectivity index (χ3n) is 2.82. The van der Waals surface area contributed by atoms with E-state index in [-0.39, 0.29) is 18.0 Å². The average Bonchev–Trinajstić information content (AvgIpc) is 2.67. The predicted octanol–water partition coefficient (Wildman–Crippen LogP) is 2.12. The number of halogens is 3. The molecular formula is C11H9F3N2O2S. The number of anilines is 1. The van der Waals surface area contributed by atoms with E-state index in [0.29, 0.717) is 12.5 Å². The average molecular weight is 290 g/mol. The van der Waals surface area contributed by atoms with E-state index in [4.69, 9.17) is 5.26 Å². The first kappa shape index (κ1) is 13.7. The lowest BCUT2D eigenvalue weighted by Crippen LogP contribution is -2.25. The number of hydrogen-bond acceptors (Lipinski definition) is 3. The van der Waals surface area contributed by atoms with Crippen LogP contribution in [0.3, 0.4) is 0 Å². The van der Waals surface area contributed by atoms with Crippen LogP contribution in [0.5, 0.6) is 0 Å². The van der Waals surface area contributed by atoms with Crippen molar-refractivity contribution >= 4 is 15.7 Å². The van der Waals surface area contributed by atoms with Crippen LogP contribution in [0.4, 0.5) is 18.9 Å². The summed E-state index contributed by atoms with van der Waals surface area (Å²) < 4.78 is 62.6. The van der Waals surface area contributed by atoms with Crippen molar-refractivity contribution in [2.45, 2.75) is 12.6 Å². The highest BCUT2D eigenvalue weighted by Gasteiger charge is 2.36. The van der Waals surface area contributed by atoms with Crippen LogP contribution in [0, 0.1) is 11.3 Å². The molecule has 1 aromatic carbocycles. The number of hydrogen-bond donors (Lipinski definition) is 0. The molecule has 0 radical (unpaired) electrons. The largest absolute Gasteiger partial charge is 0.417 e. The number of sulfonamides is 1. The number of nitrogens with zero attached hydrogens (tertiary/aromatic N) is 2. The van der Waals surface area contributed by atoms with Crippen LogP contribution in [0.25, 0.3) is 0 Å². The minimum Gasteiger partial charge on any atom is -0.270 e. The summed E-state index contributed by atoms with van der Waals surface area (Å²) in [5.41, 5.74) is -1.69. The van der Waals surface area contributed by atoms with E-state index in [0.717, 1.165) is 10.4 Å². The SMILES string of the molecule is N#Cc1ccc(N2CCCS2(=O)=O)cc1C(F)(F)F. The summed E-state index contributed by atoms with van der Waals surface area (Å²) >= 11 is 0. The standard InChI is InChI=1S/C11H9F3N2O2S/c12-11(13,14)10-6-9(3-2-8(10)7-15)16-4-1-5-19(16,17)18/h2-3,6H,1,4-5H2. The van der Waals surface area contributed by atoms with Gasteiger partial charge in [0.1, 0.15) is 0 Å². The molecule has 4 nitrogen and oxygen atoms in total. The molecule has 1 aromatic rings. The monoisotopic (exact) mass is 290 g/mol. The molecule has 0 amide bonds. The maximum atomic E-state index is 12.8. The van der Waals surface area contributed by atoms with Crippen LogP contribution in [0.15, 0.2) is 18.2 Å². The van der Waals surface area contributed by atoms with Crippen molar-refractivity contribution < 1.29 is 21.6 Å². The molecule has 0 N–H and O–H groups in total. The van der Waals surface area contributed by atoms with Crippen molar-refractivity contribution in [1.29, 1.82) is 5.26 Å². The zero-order chi connectivity index (χ0) is 14.3. The lowest BCUT2D eigenvalue weighted by Gasteiger charge is -2.19. The van der Waals surface area contributed by atoms with Crippen molar-refractivity contribution in [2.24, 2.45) is 0 Å². The first-order valence-corrected chi connectivity index (χ1v) is 6.98. The highest BCUT2D eigenvalue weighted by molar-refractivity contribution is 7.93. The summed E-state index contributed by atoms with van der Waals surface area (Å²) in [6.45, 7) is 0.158. The Morgan fingerprint density at radius 1 is 1.32 bits per heavy atom. The molecule has 0 atom stereocenters. The topological polar surface area (TPSA) is 61.2 Å². The molecule has 0 aromatic heterocycles. The minimum absolute atomic E-state index is 0.0520. The van der Waals surface area contributed by atoms with Gasteiger partial charge < -0.3 is 0 Å². The highest BCUT2D eigenvalue weighted by atomic mass is 32.2. The van der Waals surface area contributed by atoms with Gasteiger partial charge in [-0.25, -0.2) is 8.42 Å². The predicted molar refractivity (Wildman–Crippen MR) is 61.9 cm³/mol. The highest BCUT2D eigenvalue weighted by Crippen LogP contribution is 2.35. The molecule has 19 heavy (non-hydrogen) atoms. The number of rotatable bonds is 1. The van der Waals surface area contributed by atoms with E-state index >= 15 is 0 Å². The molecule has 0 saturated carbocycles. The minimum atomic E-state index is -4.69. The third-order valence-corrected chi connectivity index (χ3v) is 4.69. The smallest absolute Gasteiger partial charge is 0.270 e. The van der Waals surface area contributed by atoms with E-state index < -0.39 is 27.3 Å². The second-order valence-electron chi connectivity index (χ2n) is 4.08. The Balaban J connectivity index is 2.54. The number of benzene rings is 1. The summed E-state index contributed by atoms with van der Waals surface area (Å²) in [4.78, 5) is 0. The fraction of sp³-hybridized carbons (Fsp3) is 0.364. The lowest BCUT2D eigenvalue weighted by molar-refractivity contribution is -0.137. The molecule has 1 aliphatic rings. The molecule has 1 fully saturated rings. The van der Waals surface area contributed by atoms with Crippen molar-refractivity contribution in [3.8, 4) is 6.07 Å². The Bertz CT molecular complexity index is 647. The van der Waals surface area contributed by atoms with Crippen LogP contribution in [-0.2, 0) is 16.2 Å². The first-order valence-electron chi connectivity index (χ1n) is 5.37. The normalized spacial score (nSPS) is 18.3. The van der Waals surface area contributed by atoms with E-state index in [1.165, 1.54) is 12.1 Å². The molecule has 1 aliphatic heterocycles. The van der Waals surface area contributed by atoms with Gasteiger partial charge in [0.2, 0.25) is 10.0 Å². The maximum absolute atomic E-state index is 12.8. The number of nitriles is 1. The molecule has 0 aliphatic carbocycles. The molecule has 102 valence electrons. The number of alkyl halides is 3. The van der Waals surface area contributed by atoms with Crippen LogP contribution in [-0.4, -0.2) is 20.7 Å². The first-order chi connectivity index (χ1) is 8.75. The summed E-state index contributed by atoms with van der Waals surface area (Å²) in [6.07, 6.45) is -4.31. The van der Waals surface area contributed by atoms with E-state index in [1.807, 2.05) is 0 Å². The summed E-state index contributed by atoms with van der Waals surface area (Å²) in [5, 5.41) is 8.66. The van der Waals surface area contributed by atoms with Gasteiger partial charge in [0.05, 0.1) is 28.6 Å². The molecule has 1 heterocycles. The summed E-state index contributed by atoms with van der Waals surface area (Å²) in [7, 11) is -3.54. The summed E-state index contributed by atoms with van der Waals surface area (Å²) in [5.74, 6) is -0.0750. The van der Waals surface area contributed by atoms with Gasteiger partial charge in [-0.05, 0) is 24.6 Å². The molecule has 2 rings (SSSR count). The third kappa shape index (κ3) is 2.51. The Kier molecular flexibility index (Phi) is 3.18. The van der Waals surface area contributed by atoms with Gasteiger partial charge in [0.15, 0.2) is 0 Å². The Labute approximate surface area is 108 Å². The molecule has 0 spiro atoms. The second-order valence-corrected chi connectivity index (χ2v) is 6.09. The van der Waals surface area contributed by atoms with Crippen LogP contribution >= 0.6 is 0 Å². The molecule has 0 bridgehead atoms. The second kappa shape index (κ2) is 4.42. The van der Waals surface area contributed by atoms with Gasteiger partial charge >= 0.3 is 6.18 Å². The Hall–Kier alpha value is -1.75. The van der Waals surface area contributed by atoms with Crippen molar-refractivity contribution in [2.75, 3.05) is 16.6 Å². The zero-order valence-corrected chi connectivity index (χ0v) is 10.4. The van der Waals surface area contributed by atoms with Crippen LogP contribution in [0.1, 0.15) is 17.5 Å². The van der Waals surface area contributed by atoms with Crippen LogP contribution in [0.2, 0.25) is 0 Å². The molecule has 1 saturated heterocycles. The lowest BCUT2D eigenvalue weighted by atomic mass is 10.1. The van der Waals surface area contributed by atoms with Gasteiger partial charge in [-0.2, -0.15) is 18.4 Å². The zero-order valence-electron chi connectivity index (χ0n) is 9.61. The Morgan fingerprint density at radius 2 is 2.00 bits per heavy atom. The Morgan fingerprint density at radius 3 is 2.47 bits per heavy atom. The van der Waals surface area contributed by atoms with Crippen molar-refractivity contribution in [1.82, 2.24) is 0 Å². The van der Waals surface area contributed by atoms with Crippen molar-refractivity contribution in [3.63, 3.8) is 0 Å². The fourth-order valence-electron chi connectivity index (χ4n) is 1.95. The van der Waals surface area contributed by atoms with E-state index in [1.54, 1.807) is 0 Å². The van der Waals surface area contributed by atoms with Gasteiger partial charge in [0, 0.05) is 6.54 Å². The van der Waals surface area contributed by atoms with Gasteiger partial charge in [-0.15, -0.1) is 0 Å².